The molecule has 0 radical (unpaired) electrons. The van der Waals surface area contributed by atoms with Crippen molar-refractivity contribution in [1.82, 2.24) is 20.2 Å². The number of alkyl carbamates (subject to hydrolysis) is 1. The number of ether oxygens (including phenoxy) is 1. The van der Waals surface area contributed by atoms with E-state index in [0.29, 0.717) is 23.5 Å². The number of nitrogens with one attached hydrogen (secondary N) is 2. The first-order chi connectivity index (χ1) is 18.5. The maximum absolute atomic E-state index is 13.3. The van der Waals surface area contributed by atoms with Gasteiger partial charge in [-0.2, -0.15) is 13.2 Å². The smallest absolute Gasteiger partial charge is 0.416 e. The van der Waals surface area contributed by atoms with E-state index in [2.05, 4.69) is 26.6 Å². The molecule has 1 fully saturated rings. The van der Waals surface area contributed by atoms with Crippen molar-refractivity contribution in [1.29, 1.82) is 0 Å². The first-order valence-corrected chi connectivity index (χ1v) is 12.7. The number of amides is 2. The summed E-state index contributed by atoms with van der Waals surface area (Å²) in [5.41, 5.74) is 2.92. The van der Waals surface area contributed by atoms with Crippen molar-refractivity contribution in [3.63, 3.8) is 0 Å². The number of hydrogen-bond donors (Lipinski definition) is 2. The molecule has 0 spiro atoms. The van der Waals surface area contributed by atoms with Crippen LogP contribution in [0.15, 0.2) is 61.3 Å². The second-order valence-corrected chi connectivity index (χ2v) is 9.86. The standard InChI is InChI=1S/C29H31F3N4O3/c1-17(2)25(35-28(38)39-4)27(37)36-15-5-6-24(36)26-33-16-23(34-26)21-9-7-19(8-10-21)18(3)20-11-13-22(14-12-20)29(30,31)32/h7-14,16-17,24-25H,3,5-6,15H2,1-2,4H3,(H,33,34)(H,35,38)/t24-,25-/m0/s1. The van der Waals surface area contributed by atoms with Crippen LogP contribution in [0.1, 0.15) is 55.2 Å². The van der Waals surface area contributed by atoms with Gasteiger partial charge in [-0.05, 0) is 53.2 Å². The minimum absolute atomic E-state index is 0.124. The summed E-state index contributed by atoms with van der Waals surface area (Å²) in [6.45, 7) is 8.34. The van der Waals surface area contributed by atoms with Gasteiger partial charge >= 0.3 is 12.3 Å². The summed E-state index contributed by atoms with van der Waals surface area (Å²) in [6.07, 6.45) is -1.77. The number of aromatic nitrogens is 2. The summed E-state index contributed by atoms with van der Waals surface area (Å²) in [6, 6.07) is 11.4. The second kappa shape index (κ2) is 11.3. The summed E-state index contributed by atoms with van der Waals surface area (Å²) < 4.78 is 43.3. The molecule has 7 nitrogen and oxygen atoms in total. The maximum Gasteiger partial charge on any atom is 0.416 e. The fraction of sp³-hybridized carbons (Fsp3) is 0.345. The lowest BCUT2D eigenvalue weighted by Gasteiger charge is -2.30. The molecule has 206 valence electrons. The van der Waals surface area contributed by atoms with Crippen LogP contribution in [0.3, 0.4) is 0 Å². The minimum atomic E-state index is -4.39. The van der Waals surface area contributed by atoms with Crippen LogP contribution in [-0.2, 0) is 15.7 Å². The Hall–Kier alpha value is -4.08. The lowest BCUT2D eigenvalue weighted by Crippen LogP contribution is -2.51. The SMILES string of the molecule is C=C(c1ccc(-c2cnc([C@@H]3CCCN3C(=O)[C@@H](NC(=O)OC)C(C)C)[nH]2)cc1)c1ccc(C(F)(F)F)cc1. The average molecular weight is 541 g/mol. The molecular weight excluding hydrogens is 509 g/mol. The number of carbonyl (C=O) groups excluding carboxylic acids is 2. The van der Waals surface area contributed by atoms with Crippen LogP contribution >= 0.6 is 0 Å². The fourth-order valence-electron chi connectivity index (χ4n) is 4.72. The normalized spacial score (nSPS) is 16.3. The number of halogens is 3. The molecule has 2 aromatic carbocycles. The monoisotopic (exact) mass is 540 g/mol. The Morgan fingerprint density at radius 3 is 2.28 bits per heavy atom. The van der Waals surface area contributed by atoms with Crippen molar-refractivity contribution in [2.75, 3.05) is 13.7 Å². The van der Waals surface area contributed by atoms with E-state index in [1.807, 2.05) is 38.1 Å². The Balaban J connectivity index is 1.48. The summed E-state index contributed by atoms with van der Waals surface area (Å²) >= 11 is 0. The van der Waals surface area contributed by atoms with Crippen molar-refractivity contribution < 1.29 is 27.5 Å². The van der Waals surface area contributed by atoms with E-state index in [-0.39, 0.29) is 17.9 Å². The lowest BCUT2D eigenvalue weighted by molar-refractivity contribution is -0.137. The number of methoxy groups -OCH3 is 1. The van der Waals surface area contributed by atoms with E-state index in [0.717, 1.165) is 41.8 Å². The molecule has 2 heterocycles. The molecule has 3 aromatic rings. The maximum atomic E-state index is 13.3. The number of carbonyl (C=O) groups is 2. The van der Waals surface area contributed by atoms with Crippen LogP contribution in [0.2, 0.25) is 0 Å². The quantitative estimate of drug-likeness (QED) is 0.374. The second-order valence-electron chi connectivity index (χ2n) is 9.86. The van der Waals surface area contributed by atoms with Crippen LogP contribution in [0.5, 0.6) is 0 Å². The fourth-order valence-corrected chi connectivity index (χ4v) is 4.72. The first kappa shape index (κ1) is 27.9. The van der Waals surface area contributed by atoms with Crippen molar-refractivity contribution in [2.24, 2.45) is 5.92 Å². The zero-order valence-corrected chi connectivity index (χ0v) is 22.0. The van der Waals surface area contributed by atoms with Crippen LogP contribution in [-0.4, -0.2) is 46.6 Å². The molecule has 1 aliphatic heterocycles. The summed E-state index contributed by atoms with van der Waals surface area (Å²) in [4.78, 5) is 34.8. The summed E-state index contributed by atoms with van der Waals surface area (Å²) in [5, 5.41) is 2.64. The number of rotatable bonds is 7. The number of aromatic amines is 1. The largest absolute Gasteiger partial charge is 0.453 e. The van der Waals surface area contributed by atoms with Crippen molar-refractivity contribution in [3.8, 4) is 11.3 Å². The molecule has 10 heteroatoms. The molecule has 1 saturated heterocycles. The third kappa shape index (κ3) is 6.16. The number of alkyl halides is 3. The Labute approximate surface area is 225 Å². The Morgan fingerprint density at radius 1 is 1.10 bits per heavy atom. The highest BCUT2D eigenvalue weighted by molar-refractivity contribution is 5.86. The van der Waals surface area contributed by atoms with Crippen LogP contribution in [0.4, 0.5) is 18.0 Å². The molecule has 0 aliphatic carbocycles. The Bertz CT molecular complexity index is 1330. The number of hydrogen-bond acceptors (Lipinski definition) is 4. The Morgan fingerprint density at radius 2 is 1.72 bits per heavy atom. The number of benzene rings is 2. The highest BCUT2D eigenvalue weighted by Crippen LogP contribution is 2.34. The molecule has 0 bridgehead atoms. The molecule has 2 amide bonds. The number of nitrogens with zero attached hydrogens (tertiary/aromatic N) is 2. The number of imidazole rings is 1. The van der Waals surface area contributed by atoms with Gasteiger partial charge in [0.25, 0.3) is 0 Å². The zero-order chi connectivity index (χ0) is 28.3. The predicted octanol–water partition coefficient (Wildman–Crippen LogP) is 6.20. The molecule has 0 unspecified atom stereocenters. The average Bonchev–Trinajstić information content (AvgIpc) is 3.60. The highest BCUT2D eigenvalue weighted by Gasteiger charge is 2.37. The third-order valence-electron chi connectivity index (χ3n) is 6.94. The van der Waals surface area contributed by atoms with Gasteiger partial charge in [-0.25, -0.2) is 9.78 Å². The van der Waals surface area contributed by atoms with E-state index in [9.17, 15) is 22.8 Å². The molecule has 2 N–H and O–H groups in total. The van der Waals surface area contributed by atoms with Crippen molar-refractivity contribution >= 4 is 17.6 Å². The predicted molar refractivity (Wildman–Crippen MR) is 141 cm³/mol. The molecule has 39 heavy (non-hydrogen) atoms. The van der Waals surface area contributed by atoms with Gasteiger partial charge in [-0.3, -0.25) is 4.79 Å². The van der Waals surface area contributed by atoms with Gasteiger partial charge in [0, 0.05) is 6.54 Å². The summed E-state index contributed by atoms with van der Waals surface area (Å²) in [5.74, 6) is 0.359. The van der Waals surface area contributed by atoms with E-state index in [1.165, 1.54) is 19.2 Å². The number of H-pyrrole nitrogens is 1. The van der Waals surface area contributed by atoms with Crippen molar-refractivity contribution in [3.05, 3.63) is 83.8 Å². The van der Waals surface area contributed by atoms with Gasteiger partial charge in [0.2, 0.25) is 5.91 Å². The molecule has 4 rings (SSSR count). The molecule has 0 saturated carbocycles. The topological polar surface area (TPSA) is 87.3 Å². The molecule has 2 atom stereocenters. The van der Waals surface area contributed by atoms with E-state index >= 15 is 0 Å². The first-order valence-electron chi connectivity index (χ1n) is 12.7. The molecule has 1 aliphatic rings. The number of likely N-dealkylation sites (tertiary alicyclic amines) is 1. The van der Waals surface area contributed by atoms with Crippen LogP contribution in [0.25, 0.3) is 16.8 Å². The highest BCUT2D eigenvalue weighted by atomic mass is 19.4. The van der Waals surface area contributed by atoms with Gasteiger partial charge in [0.05, 0.1) is 30.6 Å². The van der Waals surface area contributed by atoms with Gasteiger partial charge in [-0.15, -0.1) is 0 Å². The van der Waals surface area contributed by atoms with Crippen LogP contribution < -0.4 is 5.32 Å². The zero-order valence-electron chi connectivity index (χ0n) is 22.0. The summed E-state index contributed by atoms with van der Waals surface area (Å²) in [7, 11) is 1.26. The van der Waals surface area contributed by atoms with Gasteiger partial charge in [-0.1, -0.05) is 56.8 Å². The van der Waals surface area contributed by atoms with E-state index < -0.39 is 23.9 Å². The van der Waals surface area contributed by atoms with E-state index in [4.69, 9.17) is 0 Å². The van der Waals surface area contributed by atoms with Crippen molar-refractivity contribution in [2.45, 2.75) is 44.9 Å². The van der Waals surface area contributed by atoms with Gasteiger partial charge < -0.3 is 19.9 Å². The van der Waals surface area contributed by atoms with Crippen LogP contribution in [0, 0.1) is 5.92 Å². The van der Waals surface area contributed by atoms with Gasteiger partial charge in [0.1, 0.15) is 11.9 Å². The molecular formula is C29H31F3N4O3. The molecule has 1 aromatic heterocycles. The third-order valence-corrected chi connectivity index (χ3v) is 6.94. The van der Waals surface area contributed by atoms with E-state index in [1.54, 1.807) is 11.1 Å². The minimum Gasteiger partial charge on any atom is -0.453 e. The van der Waals surface area contributed by atoms with Gasteiger partial charge in [0.15, 0.2) is 0 Å². The lowest BCUT2D eigenvalue weighted by atomic mass is 9.97. The Kier molecular flexibility index (Phi) is 8.13.